The first-order valence-corrected chi connectivity index (χ1v) is 13.8. The maximum atomic E-state index is 6.56. The highest BCUT2D eigenvalue weighted by atomic mass is 35.5. The van der Waals surface area contributed by atoms with Crippen molar-refractivity contribution in [2.24, 2.45) is 0 Å². The predicted octanol–water partition coefficient (Wildman–Crippen LogP) is 5.85. The Kier molecular flexibility index (Phi) is 7.41. The first-order chi connectivity index (χ1) is 18.5. The van der Waals surface area contributed by atoms with E-state index in [4.69, 9.17) is 45.5 Å². The van der Waals surface area contributed by atoms with Crippen LogP contribution in [-0.2, 0) is 24.4 Å². The summed E-state index contributed by atoms with van der Waals surface area (Å²) in [7, 11) is 0. The lowest BCUT2D eigenvalue weighted by Gasteiger charge is -2.30. The quantitative estimate of drug-likeness (QED) is 0.296. The first kappa shape index (κ1) is 25.4. The van der Waals surface area contributed by atoms with Crippen LogP contribution in [0.4, 0.5) is 0 Å². The zero-order chi connectivity index (χ0) is 26.1. The summed E-state index contributed by atoms with van der Waals surface area (Å²) < 4.78 is 15.0. The summed E-state index contributed by atoms with van der Waals surface area (Å²) in [6, 6.07) is 18.0. The summed E-state index contributed by atoms with van der Waals surface area (Å²) in [5, 5.41) is 5.08. The minimum Gasteiger partial charge on any atom is -0.480 e. The smallest absolute Gasteiger partial charge is 0.158 e. The molecule has 6 rings (SSSR count). The van der Waals surface area contributed by atoms with Crippen molar-refractivity contribution in [3.8, 4) is 5.75 Å². The van der Waals surface area contributed by atoms with Crippen LogP contribution in [0.2, 0.25) is 5.02 Å². The molecule has 0 radical (unpaired) electrons. The van der Waals surface area contributed by atoms with Crippen LogP contribution in [0, 0.1) is 4.51 Å². The van der Waals surface area contributed by atoms with Crippen molar-refractivity contribution < 1.29 is 9.47 Å². The fraction of sp³-hybridized carbons (Fsp3) is 0.276. The molecule has 4 aromatic rings. The van der Waals surface area contributed by atoms with Crippen molar-refractivity contribution >= 4 is 51.9 Å². The summed E-state index contributed by atoms with van der Waals surface area (Å²) in [4.78, 5) is 7.59. The Morgan fingerprint density at radius 2 is 1.89 bits per heavy atom. The van der Waals surface area contributed by atoms with Gasteiger partial charge in [0.15, 0.2) is 6.10 Å². The van der Waals surface area contributed by atoms with Gasteiger partial charge in [0.2, 0.25) is 0 Å². The normalized spacial score (nSPS) is 17.2. The molecule has 1 saturated heterocycles. The lowest BCUT2D eigenvalue weighted by atomic mass is 10.0. The molecular formula is C29H27ClN4O2S2. The molecule has 2 aliphatic heterocycles. The molecule has 194 valence electrons. The van der Waals surface area contributed by atoms with E-state index in [2.05, 4.69) is 38.1 Å². The van der Waals surface area contributed by atoms with Gasteiger partial charge in [-0.2, -0.15) is 0 Å². The Morgan fingerprint density at radius 3 is 2.66 bits per heavy atom. The number of hydrogen-bond acceptors (Lipinski definition) is 6. The second-order valence-electron chi connectivity index (χ2n) is 9.57. The standard InChI is InChI=1S/C29H27ClN4O2S2/c30-21-6-4-19(5-7-21)15-32-29(38)23-17-34-18-26(24-3-1-2-8-31-24)36-25-14-20(13-22(27(25)34)28(23)37)16-33-9-11-35-12-10-33/h1-8,13-14,17,26H,9-12,15-16,18H2,(H,32,38). The van der Waals surface area contributed by atoms with Crippen LogP contribution in [0.3, 0.4) is 0 Å². The van der Waals surface area contributed by atoms with Crippen LogP contribution in [0.15, 0.2) is 67.0 Å². The fourth-order valence-electron chi connectivity index (χ4n) is 5.03. The number of rotatable bonds is 6. The molecule has 1 atom stereocenters. The van der Waals surface area contributed by atoms with E-state index in [0.717, 1.165) is 76.4 Å². The number of aromatic nitrogens is 2. The molecule has 1 fully saturated rings. The molecule has 1 N–H and O–H groups in total. The average Bonchev–Trinajstić information content (AvgIpc) is 2.95. The van der Waals surface area contributed by atoms with E-state index in [1.807, 2.05) is 42.5 Å². The third kappa shape index (κ3) is 5.32. The number of ether oxygens (including phenoxy) is 2. The van der Waals surface area contributed by atoms with Gasteiger partial charge in [0.1, 0.15) is 10.7 Å². The number of nitrogens with one attached hydrogen (secondary N) is 1. The van der Waals surface area contributed by atoms with Crippen LogP contribution in [0.5, 0.6) is 5.75 Å². The number of benzene rings is 2. The molecule has 6 nitrogen and oxygen atoms in total. The number of thiocarbonyl (C=S) groups is 1. The van der Waals surface area contributed by atoms with Crippen LogP contribution in [0.1, 0.15) is 28.5 Å². The van der Waals surface area contributed by atoms with Gasteiger partial charge >= 0.3 is 0 Å². The molecule has 0 bridgehead atoms. The average molecular weight is 563 g/mol. The van der Waals surface area contributed by atoms with Crippen LogP contribution < -0.4 is 10.1 Å². The van der Waals surface area contributed by atoms with E-state index < -0.39 is 0 Å². The topological polar surface area (TPSA) is 51.6 Å². The van der Waals surface area contributed by atoms with E-state index in [1.165, 1.54) is 0 Å². The summed E-state index contributed by atoms with van der Waals surface area (Å²) in [5.74, 6) is 0.824. The number of pyridine rings is 2. The summed E-state index contributed by atoms with van der Waals surface area (Å²) >= 11 is 17.9. The monoisotopic (exact) mass is 562 g/mol. The lowest BCUT2D eigenvalue weighted by Crippen LogP contribution is -2.35. The highest BCUT2D eigenvalue weighted by Crippen LogP contribution is 2.38. The maximum absolute atomic E-state index is 6.56. The molecular weight excluding hydrogens is 536 g/mol. The van der Waals surface area contributed by atoms with Gasteiger partial charge in [-0.1, -0.05) is 54.2 Å². The second kappa shape index (κ2) is 11.1. The van der Waals surface area contributed by atoms with Gasteiger partial charge in [-0.05, 0) is 47.5 Å². The molecule has 0 aliphatic carbocycles. The zero-order valence-electron chi connectivity index (χ0n) is 20.7. The number of morpholine rings is 1. The van der Waals surface area contributed by atoms with Crippen molar-refractivity contribution in [3.63, 3.8) is 0 Å². The number of nitrogens with zero attached hydrogens (tertiary/aromatic N) is 3. The van der Waals surface area contributed by atoms with Crippen molar-refractivity contribution in [1.29, 1.82) is 0 Å². The number of hydrogen-bond donors (Lipinski definition) is 1. The summed E-state index contributed by atoms with van der Waals surface area (Å²) in [5.41, 5.74) is 4.98. The van der Waals surface area contributed by atoms with E-state index in [1.54, 1.807) is 6.20 Å². The molecule has 2 aromatic heterocycles. The minimum absolute atomic E-state index is 0.213. The first-order valence-electron chi connectivity index (χ1n) is 12.7. The predicted molar refractivity (Wildman–Crippen MR) is 156 cm³/mol. The molecule has 0 amide bonds. The van der Waals surface area contributed by atoms with Gasteiger partial charge < -0.3 is 19.4 Å². The van der Waals surface area contributed by atoms with Crippen LogP contribution >= 0.6 is 36.0 Å². The van der Waals surface area contributed by atoms with Crippen molar-refractivity contribution in [3.05, 3.63) is 98.9 Å². The Morgan fingerprint density at radius 1 is 1.08 bits per heavy atom. The van der Waals surface area contributed by atoms with E-state index in [9.17, 15) is 0 Å². The van der Waals surface area contributed by atoms with E-state index in [-0.39, 0.29) is 6.10 Å². The van der Waals surface area contributed by atoms with Crippen LogP contribution in [-0.4, -0.2) is 45.7 Å². The maximum Gasteiger partial charge on any atom is 0.158 e. The van der Waals surface area contributed by atoms with Crippen molar-refractivity contribution in [2.45, 2.75) is 25.7 Å². The molecule has 1 unspecified atom stereocenters. The Bertz CT molecular complexity index is 1540. The van der Waals surface area contributed by atoms with Gasteiger partial charge in [-0.15, -0.1) is 0 Å². The Hall–Kier alpha value is -2.88. The summed E-state index contributed by atoms with van der Waals surface area (Å²) in [6.45, 7) is 5.33. The lowest BCUT2D eigenvalue weighted by molar-refractivity contribution is 0.0341. The van der Waals surface area contributed by atoms with Gasteiger partial charge in [0.25, 0.3) is 0 Å². The molecule has 38 heavy (non-hydrogen) atoms. The molecule has 0 saturated carbocycles. The van der Waals surface area contributed by atoms with Gasteiger partial charge in [0, 0.05) is 54.5 Å². The molecule has 9 heteroatoms. The fourth-order valence-corrected chi connectivity index (χ4v) is 5.76. The molecule has 0 spiro atoms. The van der Waals surface area contributed by atoms with Crippen molar-refractivity contribution in [2.75, 3.05) is 26.3 Å². The molecule has 2 aromatic carbocycles. The largest absolute Gasteiger partial charge is 0.480 e. The molecule has 4 heterocycles. The van der Waals surface area contributed by atoms with Crippen molar-refractivity contribution in [1.82, 2.24) is 19.8 Å². The number of halogens is 1. The van der Waals surface area contributed by atoms with Gasteiger partial charge in [-0.25, -0.2) is 0 Å². The third-order valence-electron chi connectivity index (χ3n) is 6.97. The Labute approximate surface area is 237 Å². The summed E-state index contributed by atoms with van der Waals surface area (Å²) in [6.07, 6.45) is 3.65. The molecule has 2 aliphatic rings. The minimum atomic E-state index is -0.213. The third-order valence-corrected chi connectivity index (χ3v) is 8.02. The van der Waals surface area contributed by atoms with Gasteiger partial charge in [0.05, 0.1) is 35.5 Å². The second-order valence-corrected chi connectivity index (χ2v) is 10.8. The van der Waals surface area contributed by atoms with E-state index >= 15 is 0 Å². The zero-order valence-corrected chi connectivity index (χ0v) is 23.1. The van der Waals surface area contributed by atoms with Gasteiger partial charge in [-0.3, -0.25) is 9.88 Å². The SMILES string of the molecule is S=C(NCc1ccc(Cl)cc1)c1cn2c3c(cc(CN4CCOCC4)cc3c1=S)OC(c1ccccn1)C2. The highest BCUT2D eigenvalue weighted by Gasteiger charge is 2.26. The van der Waals surface area contributed by atoms with E-state index in [0.29, 0.717) is 23.1 Å². The van der Waals surface area contributed by atoms with Crippen LogP contribution in [0.25, 0.3) is 10.9 Å². The highest BCUT2D eigenvalue weighted by molar-refractivity contribution is 7.80. The Balaban J connectivity index is 1.38.